The molecule has 4 nitrogen and oxygen atoms in total. The molecule has 122 valence electrons. The Balaban J connectivity index is 1.56. The molecule has 5 heteroatoms. The normalized spacial score (nSPS) is 15.0. The molecule has 0 unspecified atom stereocenters. The second-order valence-electron chi connectivity index (χ2n) is 6.26. The summed E-state index contributed by atoms with van der Waals surface area (Å²) < 4.78 is 0. The lowest BCUT2D eigenvalue weighted by atomic mass is 10.1. The van der Waals surface area contributed by atoms with Crippen LogP contribution < -0.4 is 5.32 Å². The smallest absolute Gasteiger partial charge is 0.230 e. The van der Waals surface area contributed by atoms with Gasteiger partial charge in [-0.25, -0.2) is 4.98 Å². The molecule has 1 N–H and O–H groups in total. The number of carbonyl (C=O) groups is 1. The molecule has 0 saturated carbocycles. The summed E-state index contributed by atoms with van der Waals surface area (Å²) in [5.41, 5.74) is 4.04. The van der Waals surface area contributed by atoms with E-state index in [9.17, 15) is 4.79 Å². The van der Waals surface area contributed by atoms with Crippen molar-refractivity contribution in [2.45, 2.75) is 39.7 Å². The van der Waals surface area contributed by atoms with Gasteiger partial charge in [0.1, 0.15) is 5.01 Å². The second kappa shape index (κ2) is 7.23. The Morgan fingerprint density at radius 2 is 2.09 bits per heavy atom. The summed E-state index contributed by atoms with van der Waals surface area (Å²) in [6.07, 6.45) is 2.91. The van der Waals surface area contributed by atoms with E-state index in [1.165, 1.54) is 31.5 Å². The molecule has 1 amide bonds. The maximum Gasteiger partial charge on any atom is 0.230 e. The van der Waals surface area contributed by atoms with Crippen molar-refractivity contribution in [3.8, 4) is 0 Å². The molecule has 0 radical (unpaired) electrons. The van der Waals surface area contributed by atoms with Gasteiger partial charge in [0.15, 0.2) is 0 Å². The highest BCUT2D eigenvalue weighted by Gasteiger charge is 2.14. The third-order valence-corrected chi connectivity index (χ3v) is 5.04. The van der Waals surface area contributed by atoms with Gasteiger partial charge < -0.3 is 5.32 Å². The molecule has 1 saturated heterocycles. The van der Waals surface area contributed by atoms with Crippen LogP contribution in [0.4, 0.5) is 5.69 Å². The van der Waals surface area contributed by atoms with Crippen molar-refractivity contribution in [3.05, 3.63) is 45.4 Å². The van der Waals surface area contributed by atoms with E-state index >= 15 is 0 Å². The molecule has 0 spiro atoms. The summed E-state index contributed by atoms with van der Waals surface area (Å²) in [4.78, 5) is 19.3. The maximum absolute atomic E-state index is 12.2. The van der Waals surface area contributed by atoms with Crippen molar-refractivity contribution >= 4 is 22.9 Å². The second-order valence-corrected chi connectivity index (χ2v) is 7.20. The number of amides is 1. The van der Waals surface area contributed by atoms with Crippen molar-refractivity contribution in [3.63, 3.8) is 0 Å². The van der Waals surface area contributed by atoms with Crippen molar-refractivity contribution in [2.75, 3.05) is 18.4 Å². The van der Waals surface area contributed by atoms with Crippen LogP contribution in [0.3, 0.4) is 0 Å². The Labute approximate surface area is 141 Å². The predicted molar refractivity (Wildman–Crippen MR) is 94.9 cm³/mol. The van der Waals surface area contributed by atoms with Crippen LogP contribution in [0.1, 0.15) is 34.7 Å². The summed E-state index contributed by atoms with van der Waals surface area (Å²) >= 11 is 1.66. The monoisotopic (exact) mass is 329 g/mol. The highest BCUT2D eigenvalue weighted by molar-refractivity contribution is 7.09. The Bertz CT molecular complexity index is 689. The van der Waals surface area contributed by atoms with Gasteiger partial charge in [0.05, 0.1) is 18.7 Å². The van der Waals surface area contributed by atoms with Crippen LogP contribution in [-0.2, 0) is 17.8 Å². The quantitative estimate of drug-likeness (QED) is 0.912. The van der Waals surface area contributed by atoms with Crippen molar-refractivity contribution < 1.29 is 4.79 Å². The summed E-state index contributed by atoms with van der Waals surface area (Å²) in [6, 6.07) is 6.05. The molecule has 2 aromatic rings. The lowest BCUT2D eigenvalue weighted by molar-refractivity contribution is -0.115. The molecule has 2 heterocycles. The molecule has 1 aromatic heterocycles. The number of thiazole rings is 1. The third kappa shape index (κ3) is 4.39. The molecule has 0 atom stereocenters. The molecule has 1 aliphatic heterocycles. The number of nitrogens with zero attached hydrogens (tertiary/aromatic N) is 2. The Hall–Kier alpha value is -1.72. The van der Waals surface area contributed by atoms with Gasteiger partial charge in [-0.3, -0.25) is 9.69 Å². The first-order valence-corrected chi connectivity index (χ1v) is 9.01. The topological polar surface area (TPSA) is 45.2 Å². The van der Waals surface area contributed by atoms with Crippen LogP contribution in [0.2, 0.25) is 0 Å². The van der Waals surface area contributed by atoms with Gasteiger partial charge in [0.2, 0.25) is 5.91 Å². The Morgan fingerprint density at radius 1 is 1.30 bits per heavy atom. The predicted octanol–water partition coefficient (Wildman–Crippen LogP) is 3.54. The minimum Gasteiger partial charge on any atom is -0.326 e. The highest BCUT2D eigenvalue weighted by Crippen LogP contribution is 2.18. The van der Waals surface area contributed by atoms with Gasteiger partial charge in [0.25, 0.3) is 0 Å². The van der Waals surface area contributed by atoms with Crippen LogP contribution in [0.5, 0.6) is 0 Å². The van der Waals surface area contributed by atoms with Gasteiger partial charge in [-0.1, -0.05) is 17.7 Å². The number of aryl methyl sites for hydroxylation is 2. The van der Waals surface area contributed by atoms with Crippen LogP contribution in [-0.4, -0.2) is 28.9 Å². The SMILES string of the molecule is Cc1ccc(NC(=O)Cc2csc(CN3CCCC3)n2)c(C)c1. The van der Waals surface area contributed by atoms with E-state index in [1.54, 1.807) is 11.3 Å². The number of carbonyl (C=O) groups excluding carboxylic acids is 1. The van der Waals surface area contributed by atoms with Gasteiger partial charge in [-0.2, -0.15) is 0 Å². The first-order valence-electron chi connectivity index (χ1n) is 8.13. The Morgan fingerprint density at radius 3 is 2.83 bits per heavy atom. The average Bonchev–Trinajstić information content (AvgIpc) is 3.15. The van der Waals surface area contributed by atoms with Gasteiger partial charge >= 0.3 is 0 Å². The van der Waals surface area contributed by atoms with E-state index < -0.39 is 0 Å². The van der Waals surface area contributed by atoms with Crippen molar-refractivity contribution in [1.82, 2.24) is 9.88 Å². The summed E-state index contributed by atoms with van der Waals surface area (Å²) in [7, 11) is 0. The molecular formula is C18H23N3OS. The van der Waals surface area contributed by atoms with Crippen molar-refractivity contribution in [1.29, 1.82) is 0 Å². The van der Waals surface area contributed by atoms with Crippen molar-refractivity contribution in [2.24, 2.45) is 0 Å². The first-order chi connectivity index (χ1) is 11.1. The number of aromatic nitrogens is 1. The van der Waals surface area contributed by atoms with E-state index in [0.29, 0.717) is 6.42 Å². The Kier molecular flexibility index (Phi) is 5.08. The standard InChI is InChI=1S/C18H23N3OS/c1-13-5-6-16(14(2)9-13)20-17(22)10-15-12-23-18(19-15)11-21-7-3-4-8-21/h5-6,9,12H,3-4,7-8,10-11H2,1-2H3,(H,20,22). The molecule has 3 rings (SSSR count). The van der Waals surface area contributed by atoms with Gasteiger partial charge in [0, 0.05) is 11.1 Å². The van der Waals surface area contributed by atoms with E-state index in [-0.39, 0.29) is 5.91 Å². The zero-order valence-electron chi connectivity index (χ0n) is 13.8. The first kappa shape index (κ1) is 16.1. The molecule has 1 fully saturated rings. The number of hydrogen-bond donors (Lipinski definition) is 1. The van der Waals surface area contributed by atoms with Crippen LogP contribution in [0.15, 0.2) is 23.6 Å². The summed E-state index contributed by atoms with van der Waals surface area (Å²) in [5, 5.41) is 6.10. The number of anilines is 1. The number of likely N-dealkylation sites (tertiary alicyclic amines) is 1. The third-order valence-electron chi connectivity index (χ3n) is 4.15. The van der Waals surface area contributed by atoms with Crippen LogP contribution >= 0.6 is 11.3 Å². The average molecular weight is 329 g/mol. The number of hydrogen-bond acceptors (Lipinski definition) is 4. The van der Waals surface area contributed by atoms with Crippen LogP contribution in [0.25, 0.3) is 0 Å². The summed E-state index contributed by atoms with van der Waals surface area (Å²) in [6.45, 7) is 7.32. The van der Waals surface area contributed by atoms with Crippen LogP contribution in [0, 0.1) is 13.8 Å². The molecule has 1 aliphatic rings. The largest absolute Gasteiger partial charge is 0.326 e. The van der Waals surface area contributed by atoms with E-state index in [4.69, 9.17) is 0 Å². The molecular weight excluding hydrogens is 306 g/mol. The zero-order valence-corrected chi connectivity index (χ0v) is 14.6. The summed E-state index contributed by atoms with van der Waals surface area (Å²) in [5.74, 6) is -0.00465. The fourth-order valence-electron chi connectivity index (χ4n) is 2.95. The number of benzene rings is 1. The van der Waals surface area contributed by atoms with Gasteiger partial charge in [-0.15, -0.1) is 11.3 Å². The van der Waals surface area contributed by atoms with E-state index in [0.717, 1.165) is 28.5 Å². The number of nitrogens with one attached hydrogen (secondary N) is 1. The molecule has 0 bridgehead atoms. The molecule has 1 aromatic carbocycles. The number of rotatable bonds is 5. The van der Waals surface area contributed by atoms with E-state index in [2.05, 4.69) is 28.2 Å². The lowest BCUT2D eigenvalue weighted by Crippen LogP contribution is -2.18. The minimum atomic E-state index is -0.00465. The highest BCUT2D eigenvalue weighted by atomic mass is 32.1. The fraction of sp³-hybridized carbons (Fsp3) is 0.444. The van der Waals surface area contributed by atoms with E-state index in [1.807, 2.05) is 24.4 Å². The fourth-order valence-corrected chi connectivity index (χ4v) is 3.78. The minimum absolute atomic E-state index is 0.00465. The lowest BCUT2D eigenvalue weighted by Gasteiger charge is -2.11. The molecule has 23 heavy (non-hydrogen) atoms. The maximum atomic E-state index is 12.2. The molecule has 0 aliphatic carbocycles. The van der Waals surface area contributed by atoms with Gasteiger partial charge in [-0.05, 0) is 51.4 Å². The zero-order chi connectivity index (χ0) is 16.2.